The van der Waals surface area contributed by atoms with Crippen LogP contribution in [-0.4, -0.2) is 34.1 Å². The van der Waals surface area contributed by atoms with E-state index in [9.17, 15) is 19.3 Å². The lowest BCUT2D eigenvalue weighted by Gasteiger charge is -2.25. The molecule has 0 bridgehead atoms. The third-order valence-electron chi connectivity index (χ3n) is 3.30. The van der Waals surface area contributed by atoms with Crippen LogP contribution in [0.4, 0.5) is 14.9 Å². The predicted molar refractivity (Wildman–Crippen MR) is 74.9 cm³/mol. The summed E-state index contributed by atoms with van der Waals surface area (Å²) >= 11 is 5.92. The summed E-state index contributed by atoms with van der Waals surface area (Å²) in [5, 5.41) is 19.5. The number of nitro groups is 1. The Kier molecular flexibility index (Phi) is 4.42. The Labute approximate surface area is 124 Å². The Morgan fingerprint density at radius 3 is 2.57 bits per heavy atom. The van der Waals surface area contributed by atoms with E-state index in [2.05, 4.69) is 0 Å². The molecule has 1 fully saturated rings. The number of amides is 1. The van der Waals surface area contributed by atoms with Crippen LogP contribution in [0.3, 0.4) is 0 Å². The van der Waals surface area contributed by atoms with Crippen molar-refractivity contribution in [2.75, 3.05) is 13.1 Å². The van der Waals surface area contributed by atoms with Gasteiger partial charge in [0.15, 0.2) is 0 Å². The molecule has 0 unspecified atom stereocenters. The summed E-state index contributed by atoms with van der Waals surface area (Å²) in [6, 6.07) is 2.01. The number of rotatable bonds is 2. The van der Waals surface area contributed by atoms with E-state index in [4.69, 9.17) is 16.7 Å². The minimum absolute atomic E-state index is 0.0938. The predicted octanol–water partition coefficient (Wildman–Crippen LogP) is 3.54. The minimum atomic E-state index is -0.964. The van der Waals surface area contributed by atoms with Crippen molar-refractivity contribution in [1.29, 1.82) is 0 Å². The lowest BCUT2D eigenvalue weighted by atomic mass is 10.0. The van der Waals surface area contributed by atoms with Crippen LogP contribution in [0.1, 0.15) is 18.4 Å². The van der Waals surface area contributed by atoms with Gasteiger partial charge in [0.1, 0.15) is 0 Å². The highest BCUT2D eigenvalue weighted by Gasteiger charge is 2.20. The second-order valence-electron chi connectivity index (χ2n) is 4.65. The molecule has 1 aromatic carbocycles. The van der Waals surface area contributed by atoms with Crippen LogP contribution in [0.5, 0.6) is 0 Å². The van der Waals surface area contributed by atoms with Gasteiger partial charge in [-0.2, -0.15) is 4.39 Å². The first kappa shape index (κ1) is 15.2. The first-order valence-corrected chi connectivity index (χ1v) is 6.57. The number of hydrogen-bond acceptors (Lipinski definition) is 3. The Bertz CT molecular complexity index is 623. The summed E-state index contributed by atoms with van der Waals surface area (Å²) in [6.07, 6.45) is 1.75. The van der Waals surface area contributed by atoms with Crippen molar-refractivity contribution in [1.82, 2.24) is 4.90 Å². The van der Waals surface area contributed by atoms with E-state index in [1.54, 1.807) is 6.08 Å². The van der Waals surface area contributed by atoms with Gasteiger partial charge in [0, 0.05) is 19.2 Å². The molecule has 0 atom stereocenters. The van der Waals surface area contributed by atoms with E-state index in [0.29, 0.717) is 31.5 Å². The van der Waals surface area contributed by atoms with Crippen molar-refractivity contribution in [3.63, 3.8) is 0 Å². The molecule has 21 heavy (non-hydrogen) atoms. The average molecular weight is 315 g/mol. The molecule has 1 heterocycles. The maximum atomic E-state index is 13.6. The van der Waals surface area contributed by atoms with Gasteiger partial charge in [-0.1, -0.05) is 23.3 Å². The maximum absolute atomic E-state index is 13.6. The molecule has 1 aliphatic rings. The molecular formula is C13H12ClFN2O4. The molecule has 0 saturated carbocycles. The van der Waals surface area contributed by atoms with Crippen LogP contribution in [-0.2, 0) is 0 Å². The number of halogens is 2. The highest BCUT2D eigenvalue weighted by molar-refractivity contribution is 6.32. The summed E-state index contributed by atoms with van der Waals surface area (Å²) in [7, 11) is 0. The van der Waals surface area contributed by atoms with Crippen LogP contribution in [0, 0.1) is 15.9 Å². The van der Waals surface area contributed by atoms with Gasteiger partial charge < -0.3 is 10.0 Å². The third-order valence-corrected chi connectivity index (χ3v) is 3.63. The Balaban J connectivity index is 2.20. The van der Waals surface area contributed by atoms with Gasteiger partial charge in [-0.15, -0.1) is 0 Å². The van der Waals surface area contributed by atoms with Gasteiger partial charge in [0.25, 0.3) is 0 Å². The lowest BCUT2D eigenvalue weighted by Crippen LogP contribution is -2.35. The van der Waals surface area contributed by atoms with Crippen LogP contribution in [0.25, 0.3) is 6.08 Å². The second-order valence-corrected chi connectivity index (χ2v) is 5.06. The van der Waals surface area contributed by atoms with Crippen molar-refractivity contribution in [2.45, 2.75) is 12.8 Å². The zero-order valence-corrected chi connectivity index (χ0v) is 11.6. The number of carbonyl (C=O) groups is 1. The summed E-state index contributed by atoms with van der Waals surface area (Å²) in [5.41, 5.74) is 0.629. The van der Waals surface area contributed by atoms with Gasteiger partial charge >= 0.3 is 11.8 Å². The zero-order valence-electron chi connectivity index (χ0n) is 10.9. The molecule has 1 saturated heterocycles. The molecule has 112 valence electrons. The summed E-state index contributed by atoms with van der Waals surface area (Å²) in [4.78, 5) is 21.9. The molecule has 0 spiro atoms. The minimum Gasteiger partial charge on any atom is -0.465 e. The van der Waals surface area contributed by atoms with Gasteiger partial charge in [-0.25, -0.2) is 4.79 Å². The van der Waals surface area contributed by atoms with E-state index in [0.717, 1.165) is 17.7 Å². The molecule has 0 aromatic heterocycles. The van der Waals surface area contributed by atoms with Gasteiger partial charge in [0.05, 0.1) is 9.95 Å². The third kappa shape index (κ3) is 3.49. The number of likely N-dealkylation sites (tertiary alicyclic amines) is 1. The Hall–Kier alpha value is -2.15. The first-order valence-electron chi connectivity index (χ1n) is 6.19. The number of carboxylic acid groups (broad SMARTS) is 1. The smallest absolute Gasteiger partial charge is 0.407 e. The standard InChI is InChI=1S/C13H12ClFN2O4/c14-10-7-12(17(20)21)11(15)6-9(10)5-8-1-3-16(4-2-8)13(18)19/h5-7H,1-4H2,(H,18,19). The Morgan fingerprint density at radius 2 is 2.05 bits per heavy atom. The fourth-order valence-corrected chi connectivity index (χ4v) is 2.36. The number of piperidine rings is 1. The molecule has 8 heteroatoms. The van der Waals surface area contributed by atoms with Crippen LogP contribution < -0.4 is 0 Å². The summed E-state index contributed by atoms with van der Waals surface area (Å²) < 4.78 is 13.6. The average Bonchev–Trinajstić information content (AvgIpc) is 2.42. The van der Waals surface area contributed by atoms with Crippen LogP contribution in [0.2, 0.25) is 5.02 Å². The summed E-state index contributed by atoms with van der Waals surface area (Å²) in [5.74, 6) is -0.945. The molecule has 2 rings (SSSR count). The van der Waals surface area contributed by atoms with Gasteiger partial charge in [-0.05, 0) is 24.5 Å². The second kappa shape index (κ2) is 6.09. The highest BCUT2D eigenvalue weighted by Crippen LogP contribution is 2.29. The quantitative estimate of drug-likeness (QED) is 0.668. The monoisotopic (exact) mass is 314 g/mol. The number of nitro benzene ring substituents is 1. The molecule has 0 radical (unpaired) electrons. The van der Waals surface area contributed by atoms with Crippen molar-refractivity contribution >= 4 is 29.5 Å². The van der Waals surface area contributed by atoms with E-state index in [-0.39, 0.29) is 5.02 Å². The Morgan fingerprint density at radius 1 is 1.43 bits per heavy atom. The highest BCUT2D eigenvalue weighted by atomic mass is 35.5. The lowest BCUT2D eigenvalue weighted by molar-refractivity contribution is -0.387. The maximum Gasteiger partial charge on any atom is 0.407 e. The summed E-state index contributed by atoms with van der Waals surface area (Å²) in [6.45, 7) is 0.739. The number of benzene rings is 1. The molecule has 1 N–H and O–H groups in total. The first-order chi connectivity index (χ1) is 9.88. The van der Waals surface area contributed by atoms with E-state index >= 15 is 0 Å². The molecule has 1 amide bonds. The normalized spacial score (nSPS) is 15.0. The molecule has 1 aromatic rings. The van der Waals surface area contributed by atoms with Crippen molar-refractivity contribution in [3.05, 3.63) is 44.2 Å². The van der Waals surface area contributed by atoms with Crippen molar-refractivity contribution in [3.8, 4) is 0 Å². The molecule has 6 nitrogen and oxygen atoms in total. The number of hydrogen-bond donors (Lipinski definition) is 1. The van der Waals surface area contributed by atoms with Crippen molar-refractivity contribution in [2.24, 2.45) is 0 Å². The van der Waals surface area contributed by atoms with Gasteiger partial charge in [-0.3, -0.25) is 10.1 Å². The fourth-order valence-electron chi connectivity index (χ4n) is 2.15. The van der Waals surface area contributed by atoms with Crippen LogP contribution in [0.15, 0.2) is 17.7 Å². The largest absolute Gasteiger partial charge is 0.465 e. The molecule has 0 aliphatic carbocycles. The topological polar surface area (TPSA) is 83.7 Å². The molecular weight excluding hydrogens is 303 g/mol. The SMILES string of the molecule is O=C(O)N1CCC(=Cc2cc(F)c([N+](=O)[O-])cc2Cl)CC1. The number of nitrogens with zero attached hydrogens (tertiary/aromatic N) is 2. The van der Waals surface area contributed by atoms with Gasteiger partial charge in [0.2, 0.25) is 5.82 Å². The fraction of sp³-hybridized carbons (Fsp3) is 0.308. The van der Waals surface area contributed by atoms with E-state index in [1.165, 1.54) is 4.90 Å². The molecule has 1 aliphatic heterocycles. The van der Waals surface area contributed by atoms with E-state index < -0.39 is 22.5 Å². The van der Waals surface area contributed by atoms with Crippen molar-refractivity contribution < 1.29 is 19.2 Å². The van der Waals surface area contributed by atoms with E-state index in [1.807, 2.05) is 0 Å². The zero-order chi connectivity index (χ0) is 15.6. The van der Waals surface area contributed by atoms with Crippen LogP contribution >= 0.6 is 11.6 Å².